The number of aryl methyl sites for hydroxylation is 1. The maximum atomic E-state index is 12.6. The number of nitrogens with two attached hydrogens (primary N) is 1. The fourth-order valence-corrected chi connectivity index (χ4v) is 3.33. The van der Waals surface area contributed by atoms with Crippen LogP contribution in [0.3, 0.4) is 0 Å². The van der Waals surface area contributed by atoms with Crippen molar-refractivity contribution in [3.8, 4) is 0 Å². The number of nitrogens with zero attached hydrogens (tertiary/aromatic N) is 3. The number of nitrogens with one attached hydrogen (secondary N) is 1. The van der Waals surface area contributed by atoms with Crippen LogP contribution >= 0.6 is 11.3 Å². The Bertz CT molecular complexity index is 740. The van der Waals surface area contributed by atoms with E-state index in [-0.39, 0.29) is 11.7 Å². The predicted octanol–water partition coefficient (Wildman–Crippen LogP) is 2.76. The number of aromatic nitrogens is 3. The monoisotopic (exact) mass is 331 g/mol. The number of rotatable bonds is 5. The van der Waals surface area contributed by atoms with Crippen molar-refractivity contribution in [2.75, 3.05) is 5.73 Å². The quantitative estimate of drug-likeness (QED) is 0.878. The maximum Gasteiger partial charge on any atom is 0.257 e. The highest BCUT2D eigenvalue weighted by molar-refractivity contribution is 7.09. The van der Waals surface area contributed by atoms with E-state index in [9.17, 15) is 4.79 Å². The molecule has 2 heterocycles. The van der Waals surface area contributed by atoms with Crippen molar-refractivity contribution in [2.24, 2.45) is 0 Å². The van der Waals surface area contributed by atoms with E-state index < -0.39 is 5.54 Å². The van der Waals surface area contributed by atoms with Gasteiger partial charge in [-0.1, -0.05) is 6.92 Å². The Hall–Kier alpha value is -2.02. The molecule has 2 aromatic heterocycles. The third kappa shape index (κ3) is 3.19. The molecule has 0 radical (unpaired) electrons. The Morgan fingerprint density at radius 2 is 2.22 bits per heavy atom. The van der Waals surface area contributed by atoms with E-state index in [0.29, 0.717) is 11.5 Å². The Labute approximate surface area is 139 Å². The molecule has 1 saturated carbocycles. The molecule has 2 aromatic rings. The summed E-state index contributed by atoms with van der Waals surface area (Å²) in [5.41, 5.74) is 6.71. The predicted molar refractivity (Wildman–Crippen MR) is 90.4 cm³/mol. The molecule has 122 valence electrons. The highest BCUT2D eigenvalue weighted by Gasteiger charge is 2.32. The van der Waals surface area contributed by atoms with Crippen LogP contribution in [0.1, 0.15) is 65.9 Å². The first-order valence-electron chi connectivity index (χ1n) is 7.80. The molecule has 0 aliphatic heterocycles. The zero-order valence-electron chi connectivity index (χ0n) is 13.6. The van der Waals surface area contributed by atoms with Gasteiger partial charge in [0.05, 0.1) is 11.1 Å². The number of hydrogen-bond donors (Lipinski definition) is 2. The molecule has 7 heteroatoms. The van der Waals surface area contributed by atoms with Crippen LogP contribution in [0.15, 0.2) is 11.6 Å². The average molecular weight is 331 g/mol. The van der Waals surface area contributed by atoms with Gasteiger partial charge < -0.3 is 11.1 Å². The van der Waals surface area contributed by atoms with E-state index in [1.54, 1.807) is 11.3 Å². The second kappa shape index (κ2) is 5.88. The van der Waals surface area contributed by atoms with Gasteiger partial charge in [-0.3, -0.25) is 4.79 Å². The van der Waals surface area contributed by atoms with Gasteiger partial charge in [-0.2, -0.15) is 0 Å². The summed E-state index contributed by atoms with van der Waals surface area (Å²) in [5.74, 6) is 1.14. The first-order chi connectivity index (χ1) is 10.9. The summed E-state index contributed by atoms with van der Waals surface area (Å²) in [7, 11) is 0. The summed E-state index contributed by atoms with van der Waals surface area (Å²) >= 11 is 1.55. The lowest BCUT2D eigenvalue weighted by Crippen LogP contribution is -2.43. The van der Waals surface area contributed by atoms with Crippen LogP contribution < -0.4 is 11.1 Å². The maximum absolute atomic E-state index is 12.6. The van der Waals surface area contributed by atoms with Gasteiger partial charge in [-0.15, -0.1) is 11.3 Å². The SMILES string of the molecule is CC[C@](C)(NC(=O)c1cnc(C2CC2)nc1N)c1nc(C)cs1. The Morgan fingerprint density at radius 1 is 1.48 bits per heavy atom. The van der Waals surface area contributed by atoms with Gasteiger partial charge in [0, 0.05) is 23.2 Å². The van der Waals surface area contributed by atoms with E-state index in [1.165, 1.54) is 6.20 Å². The molecule has 3 rings (SSSR count). The number of nitrogen functional groups attached to an aromatic ring is 1. The first-order valence-corrected chi connectivity index (χ1v) is 8.68. The summed E-state index contributed by atoms with van der Waals surface area (Å²) in [6.45, 7) is 5.94. The van der Waals surface area contributed by atoms with Crippen LogP contribution in [0.4, 0.5) is 5.82 Å². The van der Waals surface area contributed by atoms with Crippen molar-refractivity contribution < 1.29 is 4.79 Å². The minimum atomic E-state index is -0.530. The lowest BCUT2D eigenvalue weighted by Gasteiger charge is -2.27. The van der Waals surface area contributed by atoms with Gasteiger partial charge in [-0.25, -0.2) is 15.0 Å². The minimum Gasteiger partial charge on any atom is -0.383 e. The van der Waals surface area contributed by atoms with Gasteiger partial charge in [0.2, 0.25) is 0 Å². The summed E-state index contributed by atoms with van der Waals surface area (Å²) in [5, 5.41) is 5.92. The second-order valence-electron chi connectivity index (χ2n) is 6.24. The average Bonchev–Trinajstić information content (AvgIpc) is 3.28. The van der Waals surface area contributed by atoms with E-state index in [4.69, 9.17) is 5.73 Å². The van der Waals surface area contributed by atoms with Crippen molar-refractivity contribution in [3.63, 3.8) is 0 Å². The topological polar surface area (TPSA) is 93.8 Å². The molecule has 0 spiro atoms. The van der Waals surface area contributed by atoms with Crippen LogP contribution in [-0.4, -0.2) is 20.9 Å². The zero-order valence-corrected chi connectivity index (χ0v) is 14.4. The third-order valence-corrected chi connectivity index (χ3v) is 5.44. The lowest BCUT2D eigenvalue weighted by atomic mass is 9.99. The second-order valence-corrected chi connectivity index (χ2v) is 7.09. The van der Waals surface area contributed by atoms with E-state index in [1.807, 2.05) is 26.2 Å². The van der Waals surface area contributed by atoms with Crippen LogP contribution in [0.25, 0.3) is 0 Å². The fraction of sp³-hybridized carbons (Fsp3) is 0.500. The molecule has 1 aliphatic carbocycles. The van der Waals surface area contributed by atoms with Crippen molar-refractivity contribution in [1.82, 2.24) is 20.3 Å². The van der Waals surface area contributed by atoms with E-state index >= 15 is 0 Å². The molecular formula is C16H21N5OS. The van der Waals surface area contributed by atoms with Gasteiger partial charge in [0.25, 0.3) is 5.91 Å². The summed E-state index contributed by atoms with van der Waals surface area (Å²) in [4.78, 5) is 25.7. The van der Waals surface area contributed by atoms with Gasteiger partial charge in [-0.05, 0) is 33.1 Å². The van der Waals surface area contributed by atoms with Crippen LogP contribution in [-0.2, 0) is 5.54 Å². The van der Waals surface area contributed by atoms with Crippen LogP contribution in [0.2, 0.25) is 0 Å². The van der Waals surface area contributed by atoms with Crippen molar-refractivity contribution in [1.29, 1.82) is 0 Å². The van der Waals surface area contributed by atoms with Crippen molar-refractivity contribution >= 4 is 23.1 Å². The third-order valence-electron chi connectivity index (χ3n) is 4.21. The van der Waals surface area contributed by atoms with Crippen molar-refractivity contribution in [2.45, 2.75) is 51.5 Å². The number of hydrogen-bond acceptors (Lipinski definition) is 6. The molecule has 3 N–H and O–H groups in total. The Balaban J connectivity index is 1.82. The number of thiazole rings is 1. The number of carbonyl (C=O) groups is 1. The fourth-order valence-electron chi connectivity index (χ4n) is 2.34. The van der Waals surface area contributed by atoms with Crippen LogP contribution in [0.5, 0.6) is 0 Å². The number of carbonyl (C=O) groups excluding carboxylic acids is 1. The standard InChI is InChI=1S/C16H21N5OS/c1-4-16(3,15-19-9(2)8-23-15)21-14(22)11-7-18-13(10-5-6-10)20-12(11)17/h7-8,10H,4-6H2,1-3H3,(H,21,22)(H2,17,18,20)/t16-/m0/s1. The molecule has 1 amide bonds. The summed E-state index contributed by atoms with van der Waals surface area (Å²) in [6, 6.07) is 0. The van der Waals surface area contributed by atoms with Crippen molar-refractivity contribution in [3.05, 3.63) is 33.7 Å². The zero-order chi connectivity index (χ0) is 16.6. The highest BCUT2D eigenvalue weighted by Crippen LogP contribution is 2.38. The van der Waals surface area contributed by atoms with E-state index in [2.05, 4.69) is 20.3 Å². The van der Waals surface area contributed by atoms with Gasteiger partial charge in [0.1, 0.15) is 16.6 Å². The largest absolute Gasteiger partial charge is 0.383 e. The molecule has 1 aliphatic rings. The Morgan fingerprint density at radius 3 is 2.74 bits per heavy atom. The molecule has 23 heavy (non-hydrogen) atoms. The smallest absolute Gasteiger partial charge is 0.257 e. The van der Waals surface area contributed by atoms with E-state index in [0.717, 1.165) is 35.8 Å². The molecule has 1 atom stereocenters. The lowest BCUT2D eigenvalue weighted by molar-refractivity contribution is 0.0902. The van der Waals surface area contributed by atoms with Crippen LogP contribution in [0, 0.1) is 6.92 Å². The van der Waals surface area contributed by atoms with Gasteiger partial charge in [0.15, 0.2) is 0 Å². The number of anilines is 1. The summed E-state index contributed by atoms with van der Waals surface area (Å²) in [6.07, 6.45) is 4.46. The molecule has 0 bridgehead atoms. The molecule has 6 nitrogen and oxygen atoms in total. The first kappa shape index (κ1) is 15.9. The van der Waals surface area contributed by atoms with Gasteiger partial charge >= 0.3 is 0 Å². The Kier molecular flexibility index (Phi) is 4.06. The molecular weight excluding hydrogens is 310 g/mol. The molecule has 1 fully saturated rings. The normalized spacial score (nSPS) is 16.8. The highest BCUT2D eigenvalue weighted by atomic mass is 32.1. The molecule has 0 saturated heterocycles. The molecule has 0 aromatic carbocycles. The molecule has 0 unspecified atom stereocenters. The summed E-state index contributed by atoms with van der Waals surface area (Å²) < 4.78 is 0. The minimum absolute atomic E-state index is 0.244. The number of amides is 1.